The molecule has 0 radical (unpaired) electrons. The minimum atomic E-state index is -0.128. The Morgan fingerprint density at radius 3 is 2.67 bits per heavy atom. The molecule has 1 aliphatic carbocycles. The van der Waals surface area contributed by atoms with Gasteiger partial charge >= 0.3 is 0 Å². The molecule has 0 saturated heterocycles. The number of carbonyl (C=O) groups is 1. The molecule has 0 spiro atoms. The molecule has 1 rings (SSSR count). The molecule has 1 fully saturated rings. The normalized spacial score (nSPS) is 27.7. The molecule has 1 saturated carbocycles. The Hall–Kier alpha value is -0.610. The van der Waals surface area contributed by atoms with Crippen molar-refractivity contribution in [3.63, 3.8) is 0 Å². The van der Waals surface area contributed by atoms with Crippen LogP contribution < -0.4 is 5.32 Å². The molecule has 0 aromatic heterocycles. The highest BCUT2D eigenvalue weighted by atomic mass is 16.3. The number of nitrogens with zero attached hydrogens (tertiary/aromatic N) is 1. The topological polar surface area (TPSA) is 52.6 Å². The third-order valence-corrected chi connectivity index (χ3v) is 3.04. The lowest BCUT2D eigenvalue weighted by Crippen LogP contribution is -2.43. The summed E-state index contributed by atoms with van der Waals surface area (Å²) in [6.07, 6.45) is 2.71. The molecule has 88 valence electrons. The average molecular weight is 214 g/mol. The van der Waals surface area contributed by atoms with Crippen molar-refractivity contribution in [1.82, 2.24) is 10.2 Å². The minimum Gasteiger partial charge on any atom is -0.393 e. The number of aliphatic hydroxyl groups excluding tert-OH is 1. The van der Waals surface area contributed by atoms with Crippen molar-refractivity contribution < 1.29 is 9.90 Å². The Balaban J connectivity index is 2.22. The van der Waals surface area contributed by atoms with Gasteiger partial charge in [0.2, 0.25) is 5.91 Å². The Labute approximate surface area is 91.6 Å². The smallest absolute Gasteiger partial charge is 0.238 e. The molecule has 2 N–H and O–H groups in total. The maximum Gasteiger partial charge on any atom is 0.238 e. The van der Waals surface area contributed by atoms with Gasteiger partial charge in [0.1, 0.15) is 0 Å². The van der Waals surface area contributed by atoms with E-state index in [0.717, 1.165) is 25.8 Å². The standard InChI is InChI=1S/C11H22N2O2/c1-8(11(15)13(2)3)12-7-9-4-5-10(14)6-9/h8-10,12,14H,4-7H2,1-3H3. The number of hydrogen-bond acceptors (Lipinski definition) is 3. The van der Waals surface area contributed by atoms with E-state index in [2.05, 4.69) is 5.32 Å². The Kier molecular flexibility index (Phi) is 4.54. The maximum atomic E-state index is 11.5. The zero-order chi connectivity index (χ0) is 11.4. The predicted octanol–water partition coefficient (Wildman–Crippen LogP) is 0.214. The van der Waals surface area contributed by atoms with Crippen LogP contribution in [0.25, 0.3) is 0 Å². The predicted molar refractivity (Wildman–Crippen MR) is 59.5 cm³/mol. The summed E-state index contributed by atoms with van der Waals surface area (Å²) in [5.74, 6) is 0.631. The highest BCUT2D eigenvalue weighted by Crippen LogP contribution is 2.24. The zero-order valence-electron chi connectivity index (χ0n) is 9.86. The van der Waals surface area contributed by atoms with Gasteiger partial charge < -0.3 is 15.3 Å². The molecule has 1 aliphatic rings. The van der Waals surface area contributed by atoms with Crippen LogP contribution in [0.1, 0.15) is 26.2 Å². The molecule has 4 heteroatoms. The van der Waals surface area contributed by atoms with Crippen molar-refractivity contribution >= 4 is 5.91 Å². The van der Waals surface area contributed by atoms with Gasteiger partial charge in [-0.25, -0.2) is 0 Å². The highest BCUT2D eigenvalue weighted by molar-refractivity contribution is 5.80. The highest BCUT2D eigenvalue weighted by Gasteiger charge is 2.23. The number of carbonyl (C=O) groups excluding carboxylic acids is 1. The average Bonchev–Trinajstić information content (AvgIpc) is 2.59. The number of amides is 1. The second-order valence-electron chi connectivity index (χ2n) is 4.70. The lowest BCUT2D eigenvalue weighted by atomic mass is 10.1. The van der Waals surface area contributed by atoms with E-state index in [4.69, 9.17) is 0 Å². The second kappa shape index (κ2) is 5.47. The lowest BCUT2D eigenvalue weighted by molar-refractivity contribution is -0.130. The minimum absolute atomic E-state index is 0.105. The van der Waals surface area contributed by atoms with Crippen LogP contribution in [0.2, 0.25) is 0 Å². The van der Waals surface area contributed by atoms with Gasteiger partial charge in [0, 0.05) is 14.1 Å². The van der Waals surface area contributed by atoms with Gasteiger partial charge in [-0.3, -0.25) is 4.79 Å². The summed E-state index contributed by atoms with van der Waals surface area (Å²) in [5.41, 5.74) is 0. The van der Waals surface area contributed by atoms with Crippen LogP contribution >= 0.6 is 0 Å². The molecule has 0 aromatic carbocycles. The summed E-state index contributed by atoms with van der Waals surface area (Å²) < 4.78 is 0. The molecule has 4 nitrogen and oxygen atoms in total. The van der Waals surface area contributed by atoms with Crippen molar-refractivity contribution in [1.29, 1.82) is 0 Å². The number of nitrogens with one attached hydrogen (secondary N) is 1. The molecular weight excluding hydrogens is 192 g/mol. The molecule has 0 aliphatic heterocycles. The van der Waals surface area contributed by atoms with E-state index >= 15 is 0 Å². The van der Waals surface area contributed by atoms with E-state index < -0.39 is 0 Å². The van der Waals surface area contributed by atoms with Crippen molar-refractivity contribution in [3.05, 3.63) is 0 Å². The van der Waals surface area contributed by atoms with E-state index in [9.17, 15) is 9.90 Å². The molecular formula is C11H22N2O2. The van der Waals surface area contributed by atoms with E-state index in [-0.39, 0.29) is 18.1 Å². The second-order valence-corrected chi connectivity index (χ2v) is 4.70. The monoisotopic (exact) mass is 214 g/mol. The van der Waals surface area contributed by atoms with E-state index in [1.807, 2.05) is 6.92 Å². The van der Waals surface area contributed by atoms with Gasteiger partial charge in [-0.05, 0) is 38.6 Å². The largest absolute Gasteiger partial charge is 0.393 e. The van der Waals surface area contributed by atoms with Crippen molar-refractivity contribution in [2.45, 2.75) is 38.3 Å². The van der Waals surface area contributed by atoms with Crippen LogP contribution in [0.3, 0.4) is 0 Å². The number of likely N-dealkylation sites (N-methyl/N-ethyl adjacent to an activating group) is 1. The van der Waals surface area contributed by atoms with Crippen LogP contribution in [-0.4, -0.2) is 48.7 Å². The zero-order valence-corrected chi connectivity index (χ0v) is 9.86. The van der Waals surface area contributed by atoms with Gasteiger partial charge in [0.05, 0.1) is 12.1 Å². The molecule has 3 atom stereocenters. The van der Waals surface area contributed by atoms with Gasteiger partial charge in [-0.15, -0.1) is 0 Å². The molecule has 0 heterocycles. The van der Waals surface area contributed by atoms with E-state index in [1.54, 1.807) is 19.0 Å². The molecule has 3 unspecified atom stereocenters. The maximum absolute atomic E-state index is 11.5. The fraction of sp³-hybridized carbons (Fsp3) is 0.909. The van der Waals surface area contributed by atoms with Crippen LogP contribution in [0, 0.1) is 5.92 Å². The molecule has 0 aromatic rings. The van der Waals surface area contributed by atoms with Crippen LogP contribution in [0.4, 0.5) is 0 Å². The van der Waals surface area contributed by atoms with Crippen molar-refractivity contribution in [2.24, 2.45) is 5.92 Å². The van der Waals surface area contributed by atoms with Gasteiger partial charge in [0.15, 0.2) is 0 Å². The Bertz CT molecular complexity index is 219. The summed E-state index contributed by atoms with van der Waals surface area (Å²) in [4.78, 5) is 13.1. The third-order valence-electron chi connectivity index (χ3n) is 3.04. The lowest BCUT2D eigenvalue weighted by Gasteiger charge is -2.19. The summed E-state index contributed by atoms with van der Waals surface area (Å²) >= 11 is 0. The summed E-state index contributed by atoms with van der Waals surface area (Å²) in [6, 6.07) is -0.127. The first-order valence-electron chi connectivity index (χ1n) is 5.63. The van der Waals surface area contributed by atoms with Crippen LogP contribution in [0.15, 0.2) is 0 Å². The summed E-state index contributed by atoms with van der Waals surface area (Å²) in [6.45, 7) is 2.71. The number of aliphatic hydroxyl groups is 1. The first-order chi connectivity index (χ1) is 7.00. The van der Waals surface area contributed by atoms with Gasteiger partial charge in [0.25, 0.3) is 0 Å². The number of hydrogen-bond donors (Lipinski definition) is 2. The first kappa shape index (κ1) is 12.5. The Morgan fingerprint density at radius 2 is 2.20 bits per heavy atom. The van der Waals surface area contributed by atoms with Crippen molar-refractivity contribution in [3.8, 4) is 0 Å². The summed E-state index contributed by atoms with van der Waals surface area (Å²) in [5, 5.41) is 12.6. The fourth-order valence-electron chi connectivity index (χ4n) is 2.05. The summed E-state index contributed by atoms with van der Waals surface area (Å²) in [7, 11) is 3.53. The quantitative estimate of drug-likeness (QED) is 0.703. The Morgan fingerprint density at radius 1 is 1.53 bits per heavy atom. The van der Waals surface area contributed by atoms with E-state index in [1.165, 1.54) is 0 Å². The SMILES string of the molecule is CC(NCC1CCC(O)C1)C(=O)N(C)C. The number of rotatable bonds is 4. The van der Waals surface area contributed by atoms with Crippen LogP contribution in [0.5, 0.6) is 0 Å². The van der Waals surface area contributed by atoms with E-state index in [0.29, 0.717) is 5.92 Å². The molecule has 1 amide bonds. The van der Waals surface area contributed by atoms with Gasteiger partial charge in [-0.1, -0.05) is 0 Å². The van der Waals surface area contributed by atoms with Crippen molar-refractivity contribution in [2.75, 3.05) is 20.6 Å². The first-order valence-corrected chi connectivity index (χ1v) is 5.63. The fourth-order valence-corrected chi connectivity index (χ4v) is 2.05. The molecule has 0 bridgehead atoms. The molecule has 15 heavy (non-hydrogen) atoms. The van der Waals surface area contributed by atoms with Crippen LogP contribution in [-0.2, 0) is 4.79 Å². The third kappa shape index (κ3) is 3.80. The van der Waals surface area contributed by atoms with Gasteiger partial charge in [-0.2, -0.15) is 0 Å².